The van der Waals surface area contributed by atoms with Gasteiger partial charge in [0.05, 0.1) is 25.9 Å². The lowest BCUT2D eigenvalue weighted by Gasteiger charge is -2.25. The van der Waals surface area contributed by atoms with Crippen molar-refractivity contribution >= 4 is 11.6 Å². The fourth-order valence-electron chi connectivity index (χ4n) is 2.77. The first kappa shape index (κ1) is 21.7. The summed E-state index contributed by atoms with van der Waals surface area (Å²) in [5.74, 6) is 0.822. The van der Waals surface area contributed by atoms with Crippen LogP contribution in [0.5, 0.6) is 5.75 Å². The highest BCUT2D eigenvalue weighted by atomic mass is 35.5. The minimum atomic E-state index is -0.848. The van der Waals surface area contributed by atoms with Gasteiger partial charge in [-0.25, -0.2) is 0 Å². The lowest BCUT2D eigenvalue weighted by atomic mass is 10.00. The molecule has 3 N–H and O–H groups in total. The Kier molecular flexibility index (Phi) is 8.54. The first-order chi connectivity index (χ1) is 13.0. The van der Waals surface area contributed by atoms with Gasteiger partial charge >= 0.3 is 0 Å². The molecule has 6 heteroatoms. The Morgan fingerprint density at radius 1 is 1.04 bits per heavy atom. The van der Waals surface area contributed by atoms with Gasteiger partial charge < -0.3 is 24.8 Å². The number of aliphatic hydroxyl groups excluding tert-OH is 3. The van der Waals surface area contributed by atoms with Crippen LogP contribution in [0, 0.1) is 0 Å². The molecule has 0 fully saturated rings. The minimum Gasteiger partial charge on any atom is -0.494 e. The summed E-state index contributed by atoms with van der Waals surface area (Å²) < 4.78 is 11.1. The highest BCUT2D eigenvalue weighted by Crippen LogP contribution is 2.27. The third-order valence-corrected chi connectivity index (χ3v) is 4.66. The van der Waals surface area contributed by atoms with E-state index in [-0.39, 0.29) is 13.2 Å². The molecule has 0 aromatic heterocycles. The van der Waals surface area contributed by atoms with Gasteiger partial charge in [-0.05, 0) is 55.2 Å². The lowest BCUT2D eigenvalue weighted by molar-refractivity contribution is -0.107. The van der Waals surface area contributed by atoms with Gasteiger partial charge in [0, 0.05) is 5.02 Å². The summed E-state index contributed by atoms with van der Waals surface area (Å²) in [5.41, 5.74) is 2.72. The molecule has 0 amide bonds. The van der Waals surface area contributed by atoms with Crippen LogP contribution in [0.25, 0.3) is 0 Å². The van der Waals surface area contributed by atoms with Crippen molar-refractivity contribution in [3.63, 3.8) is 0 Å². The van der Waals surface area contributed by atoms with Crippen molar-refractivity contribution in [3.8, 4) is 5.75 Å². The van der Waals surface area contributed by atoms with Crippen molar-refractivity contribution in [3.05, 3.63) is 64.2 Å². The molecule has 2 rings (SSSR count). The maximum absolute atomic E-state index is 9.70. The molecular weight excluding hydrogens is 368 g/mol. The van der Waals surface area contributed by atoms with Crippen LogP contribution in [-0.4, -0.2) is 47.3 Å². The monoisotopic (exact) mass is 394 g/mol. The quantitative estimate of drug-likeness (QED) is 0.577. The van der Waals surface area contributed by atoms with Gasteiger partial charge in [0.25, 0.3) is 0 Å². The Morgan fingerprint density at radius 3 is 2.30 bits per heavy atom. The van der Waals surface area contributed by atoms with E-state index in [1.165, 1.54) is 6.92 Å². The van der Waals surface area contributed by atoms with Gasteiger partial charge in [-0.15, -0.1) is 0 Å². The second kappa shape index (κ2) is 10.6. The van der Waals surface area contributed by atoms with Crippen molar-refractivity contribution in [2.45, 2.75) is 38.6 Å². The van der Waals surface area contributed by atoms with Gasteiger partial charge in [-0.1, -0.05) is 35.9 Å². The number of hydrogen-bond acceptors (Lipinski definition) is 5. The molecule has 27 heavy (non-hydrogen) atoms. The summed E-state index contributed by atoms with van der Waals surface area (Å²) in [6.45, 7) is 3.50. The molecule has 2 aromatic carbocycles. The molecule has 0 heterocycles. The van der Waals surface area contributed by atoms with Crippen molar-refractivity contribution in [1.82, 2.24) is 0 Å². The van der Waals surface area contributed by atoms with E-state index in [1.54, 1.807) is 12.1 Å². The van der Waals surface area contributed by atoms with E-state index in [4.69, 9.17) is 21.1 Å². The molecule has 3 unspecified atom stereocenters. The van der Waals surface area contributed by atoms with Crippen molar-refractivity contribution < 1.29 is 24.8 Å². The fraction of sp³-hybridized carbons (Fsp3) is 0.429. The molecule has 0 saturated carbocycles. The molecular formula is C21H27ClO5. The third-order valence-electron chi connectivity index (χ3n) is 4.29. The van der Waals surface area contributed by atoms with Gasteiger partial charge in [-0.2, -0.15) is 0 Å². The summed E-state index contributed by atoms with van der Waals surface area (Å²) in [4.78, 5) is 0. The van der Waals surface area contributed by atoms with Crippen LogP contribution in [0.3, 0.4) is 0 Å². The van der Waals surface area contributed by atoms with Crippen LogP contribution in [0.2, 0.25) is 5.02 Å². The van der Waals surface area contributed by atoms with E-state index < -0.39 is 18.3 Å². The van der Waals surface area contributed by atoms with Crippen LogP contribution >= 0.6 is 11.6 Å². The Balaban J connectivity index is 2.18. The predicted molar refractivity (Wildman–Crippen MR) is 105 cm³/mol. The molecule has 0 saturated heterocycles. The van der Waals surface area contributed by atoms with Crippen molar-refractivity contribution in [1.29, 1.82) is 0 Å². The van der Waals surface area contributed by atoms with E-state index in [2.05, 4.69) is 0 Å². The first-order valence-electron chi connectivity index (χ1n) is 9.03. The van der Waals surface area contributed by atoms with Gasteiger partial charge in [-0.3, -0.25) is 0 Å². The van der Waals surface area contributed by atoms with Crippen LogP contribution in [0.4, 0.5) is 0 Å². The van der Waals surface area contributed by atoms with Crippen LogP contribution in [0.1, 0.15) is 36.6 Å². The standard InChI is InChI=1S/C21H27ClO5/c1-3-26-18-7-4-15(5-8-18)10-17-11-16(6-9-19(17)22)21(13-24)27-20(12-23)14(2)25/h4-9,11,14,20-21,23-25H,3,10,12-13H2,1-2H3. The summed E-state index contributed by atoms with van der Waals surface area (Å²) >= 11 is 6.35. The number of halogens is 1. The van der Waals surface area contributed by atoms with Crippen molar-refractivity contribution in [2.75, 3.05) is 19.8 Å². The maximum atomic E-state index is 9.70. The average Bonchev–Trinajstić information content (AvgIpc) is 2.66. The molecule has 0 spiro atoms. The molecule has 0 aliphatic carbocycles. The number of benzene rings is 2. The van der Waals surface area contributed by atoms with E-state index in [1.807, 2.05) is 37.3 Å². The van der Waals surface area contributed by atoms with Gasteiger partial charge in [0.1, 0.15) is 18.0 Å². The number of rotatable bonds is 10. The fourth-order valence-corrected chi connectivity index (χ4v) is 2.95. The Labute approximate surface area is 165 Å². The number of hydrogen-bond donors (Lipinski definition) is 3. The zero-order valence-electron chi connectivity index (χ0n) is 15.6. The minimum absolute atomic E-state index is 0.270. The van der Waals surface area contributed by atoms with Crippen LogP contribution < -0.4 is 4.74 Å². The largest absolute Gasteiger partial charge is 0.494 e. The number of aliphatic hydroxyl groups is 3. The zero-order chi connectivity index (χ0) is 19.8. The normalized spacial score (nSPS) is 14.6. The molecule has 5 nitrogen and oxygen atoms in total. The molecule has 2 aromatic rings. The predicted octanol–water partition coefficient (Wildman–Crippen LogP) is 3.12. The molecule has 0 aliphatic rings. The summed E-state index contributed by atoms with van der Waals surface area (Å²) in [6.07, 6.45) is -1.66. The molecule has 0 aliphatic heterocycles. The topological polar surface area (TPSA) is 79.2 Å². The van der Waals surface area contributed by atoms with E-state index in [0.29, 0.717) is 18.1 Å². The Hall–Kier alpha value is -1.63. The Bertz CT molecular complexity index is 702. The van der Waals surface area contributed by atoms with Gasteiger partial charge in [0.15, 0.2) is 0 Å². The first-order valence-corrected chi connectivity index (χ1v) is 9.41. The average molecular weight is 395 g/mol. The van der Waals surface area contributed by atoms with Crippen LogP contribution in [0.15, 0.2) is 42.5 Å². The third kappa shape index (κ3) is 6.19. The molecule has 148 valence electrons. The Morgan fingerprint density at radius 2 is 1.74 bits per heavy atom. The number of ether oxygens (including phenoxy) is 2. The van der Waals surface area contributed by atoms with E-state index in [9.17, 15) is 15.3 Å². The second-order valence-electron chi connectivity index (χ2n) is 6.37. The van der Waals surface area contributed by atoms with Crippen molar-refractivity contribution in [2.24, 2.45) is 0 Å². The smallest absolute Gasteiger partial charge is 0.119 e. The van der Waals surface area contributed by atoms with Crippen LogP contribution in [-0.2, 0) is 11.2 Å². The maximum Gasteiger partial charge on any atom is 0.119 e. The zero-order valence-corrected chi connectivity index (χ0v) is 16.4. The SMILES string of the molecule is CCOc1ccc(Cc2cc(C(CO)OC(CO)C(C)O)ccc2Cl)cc1. The molecule has 0 radical (unpaired) electrons. The highest BCUT2D eigenvalue weighted by Gasteiger charge is 2.22. The summed E-state index contributed by atoms with van der Waals surface area (Å²) in [7, 11) is 0. The molecule has 3 atom stereocenters. The van der Waals surface area contributed by atoms with E-state index in [0.717, 1.165) is 22.4 Å². The second-order valence-corrected chi connectivity index (χ2v) is 6.78. The highest BCUT2D eigenvalue weighted by molar-refractivity contribution is 6.31. The molecule has 0 bridgehead atoms. The lowest BCUT2D eigenvalue weighted by Crippen LogP contribution is -2.32. The van der Waals surface area contributed by atoms with Gasteiger partial charge in [0.2, 0.25) is 0 Å². The summed E-state index contributed by atoms with van der Waals surface area (Å²) in [5, 5.41) is 29.3. The van der Waals surface area contributed by atoms with E-state index >= 15 is 0 Å². The summed E-state index contributed by atoms with van der Waals surface area (Å²) in [6, 6.07) is 13.3.